The number of benzene rings is 2. The Labute approximate surface area is 500 Å². The lowest BCUT2D eigenvalue weighted by molar-refractivity contribution is -0.150. The van der Waals surface area contributed by atoms with Crippen LogP contribution < -0.4 is 16.0 Å². The van der Waals surface area contributed by atoms with Gasteiger partial charge in [-0.15, -0.1) is 32.9 Å². The first-order valence-corrected chi connectivity index (χ1v) is 31.0. The van der Waals surface area contributed by atoms with Crippen molar-refractivity contribution in [2.75, 3.05) is 59.3 Å². The Morgan fingerprint density at radius 1 is 0.795 bits per heavy atom. The number of rotatable bonds is 32. The first-order valence-electron chi connectivity index (χ1n) is 29.0. The van der Waals surface area contributed by atoms with E-state index in [9.17, 15) is 24.0 Å². The van der Waals surface area contributed by atoms with E-state index in [0.717, 1.165) is 105 Å². The lowest BCUT2D eigenvalue weighted by Gasteiger charge is -2.35. The Morgan fingerprint density at radius 3 is 2.11 bits per heavy atom. The normalized spacial score (nSPS) is 16.2. The number of aliphatic hydroxyl groups excluding tert-OH is 1. The van der Waals surface area contributed by atoms with E-state index in [1.165, 1.54) is 4.90 Å². The van der Waals surface area contributed by atoms with E-state index in [4.69, 9.17) is 40.6 Å². The van der Waals surface area contributed by atoms with E-state index in [1.54, 1.807) is 22.7 Å². The highest BCUT2D eigenvalue weighted by atomic mass is 35.5. The lowest BCUT2D eigenvalue weighted by Crippen LogP contribution is -2.58. The molecule has 19 nitrogen and oxygen atoms in total. The minimum absolute atomic E-state index is 0.00164. The highest BCUT2D eigenvalue weighted by molar-refractivity contribution is 7.15. The predicted octanol–water partition coefficient (Wildman–Crippen LogP) is 9.04. The van der Waals surface area contributed by atoms with Gasteiger partial charge in [0.25, 0.3) is 0 Å². The van der Waals surface area contributed by atoms with Gasteiger partial charge in [-0.3, -0.25) is 33.5 Å². The van der Waals surface area contributed by atoms with Crippen LogP contribution in [0.5, 0.6) is 0 Å². The van der Waals surface area contributed by atoms with Gasteiger partial charge >= 0.3 is 5.97 Å². The molecular formula is C61H82ClN9O10S2. The van der Waals surface area contributed by atoms with Crippen molar-refractivity contribution in [1.29, 1.82) is 0 Å². The van der Waals surface area contributed by atoms with Gasteiger partial charge in [-0.1, -0.05) is 114 Å². The number of carbonyl (C=O) groups excluding carboxylic acids is 5. The molecule has 4 atom stereocenters. The molecule has 1 fully saturated rings. The van der Waals surface area contributed by atoms with E-state index in [-0.39, 0.29) is 103 Å². The highest BCUT2D eigenvalue weighted by Crippen LogP contribution is 2.40. The summed E-state index contributed by atoms with van der Waals surface area (Å²) in [4.78, 5) is 81.7. The summed E-state index contributed by atoms with van der Waals surface area (Å²) in [5.41, 5.74) is 7.65. The van der Waals surface area contributed by atoms with Crippen molar-refractivity contribution in [3.8, 4) is 15.4 Å². The Balaban J connectivity index is 0.834. The van der Waals surface area contributed by atoms with Gasteiger partial charge in [0.15, 0.2) is 5.82 Å². The number of aliphatic imine (C=N–C) groups is 1. The molecule has 4 amide bonds. The SMILES string of the molecule is Cc1ncsc1-c1ccc(CNC(=O)[C@@H]2C[C@@H](OC(=O)CCCCCCCCCCCO)CN2C(=O)[C@@H](NC(=O)COCCOCCOCCNC(=O)C[C@@H]2N=C(c3ccc(Cl)cc3)c3c(sc(C)c3C)-n3c(C)nnc32)C(C)(C)C)cc1. The molecule has 2 aromatic carbocycles. The number of aliphatic hydroxyl groups is 1. The molecule has 5 aromatic rings. The van der Waals surface area contributed by atoms with Crippen LogP contribution in [0.25, 0.3) is 15.4 Å². The minimum atomic E-state index is -1.04. The van der Waals surface area contributed by atoms with E-state index >= 15 is 0 Å². The van der Waals surface area contributed by atoms with Crippen molar-refractivity contribution < 1.29 is 48.0 Å². The van der Waals surface area contributed by atoms with Crippen molar-refractivity contribution in [2.45, 2.75) is 156 Å². The van der Waals surface area contributed by atoms with Crippen molar-refractivity contribution in [3.05, 3.63) is 104 Å². The van der Waals surface area contributed by atoms with Gasteiger partial charge in [-0.05, 0) is 74.8 Å². The second kappa shape index (κ2) is 31.8. The number of unbranched alkanes of at least 4 members (excludes halogenated alkanes) is 8. The molecular weight excluding hydrogens is 1120 g/mol. The average molecular weight is 1200 g/mol. The summed E-state index contributed by atoms with van der Waals surface area (Å²) < 4.78 is 25.0. The summed E-state index contributed by atoms with van der Waals surface area (Å²) >= 11 is 9.47. The van der Waals surface area contributed by atoms with Crippen LogP contribution >= 0.6 is 34.3 Å². The number of ether oxygens (including phenoxy) is 4. The number of nitrogens with one attached hydrogen (secondary N) is 3. The molecule has 450 valence electrons. The number of carbonyl (C=O) groups is 5. The summed E-state index contributed by atoms with van der Waals surface area (Å²) in [5.74, 6) is -0.642. The Morgan fingerprint density at radius 2 is 1.45 bits per heavy atom. The largest absolute Gasteiger partial charge is 0.460 e. The van der Waals surface area contributed by atoms with Crippen LogP contribution in [0.15, 0.2) is 59.0 Å². The molecule has 5 heterocycles. The predicted molar refractivity (Wildman–Crippen MR) is 322 cm³/mol. The zero-order valence-electron chi connectivity index (χ0n) is 49.1. The van der Waals surface area contributed by atoms with Crippen LogP contribution in [0.3, 0.4) is 0 Å². The Kier molecular flexibility index (Phi) is 24.8. The van der Waals surface area contributed by atoms with Gasteiger partial charge in [-0.2, -0.15) is 0 Å². The molecule has 0 bridgehead atoms. The third-order valence-corrected chi connectivity index (χ3v) is 17.2. The fourth-order valence-electron chi connectivity index (χ4n) is 10.2. The smallest absolute Gasteiger partial charge is 0.306 e. The van der Waals surface area contributed by atoms with Crippen LogP contribution in [0.2, 0.25) is 5.02 Å². The third kappa shape index (κ3) is 18.5. The number of amides is 4. The van der Waals surface area contributed by atoms with Gasteiger partial charge in [0, 0.05) is 53.6 Å². The maximum atomic E-state index is 14.6. The number of esters is 1. The maximum Gasteiger partial charge on any atom is 0.306 e. The molecule has 0 unspecified atom stereocenters. The zero-order valence-corrected chi connectivity index (χ0v) is 51.5. The monoisotopic (exact) mass is 1200 g/mol. The van der Waals surface area contributed by atoms with Crippen LogP contribution in [0, 0.1) is 33.1 Å². The van der Waals surface area contributed by atoms with Gasteiger partial charge in [0.05, 0.1) is 67.8 Å². The van der Waals surface area contributed by atoms with Gasteiger partial charge < -0.3 is 44.9 Å². The molecule has 1 saturated heterocycles. The molecule has 0 spiro atoms. The van der Waals surface area contributed by atoms with Crippen molar-refractivity contribution in [3.63, 3.8) is 0 Å². The van der Waals surface area contributed by atoms with Crippen LogP contribution in [-0.4, -0.2) is 143 Å². The van der Waals surface area contributed by atoms with E-state index in [1.807, 2.05) is 93.2 Å². The first kappa shape index (κ1) is 64.6. The lowest BCUT2D eigenvalue weighted by atomic mass is 9.85. The van der Waals surface area contributed by atoms with Gasteiger partial charge in [0.1, 0.15) is 41.7 Å². The van der Waals surface area contributed by atoms with Crippen molar-refractivity contribution in [1.82, 2.24) is 40.6 Å². The fraction of sp³-hybridized carbons (Fsp3) is 0.557. The summed E-state index contributed by atoms with van der Waals surface area (Å²) in [6, 6.07) is 12.8. The number of thiophene rings is 1. The standard InChI is InChI=1S/C61H82ClN9O10S2/c1-39-41(3)83-60-53(39)54(44-22-24-46(62)25-23-44)66-48(57-69-68-42(4)71(57)60)34-50(73)63-26-28-78-29-30-79-31-32-80-37-51(74)67-56(61(5,6)7)59(77)70-36-47(81-52(75)17-15-13-11-9-8-10-12-14-16-27-72)33-49(70)58(76)64-35-43-18-20-45(21-19-43)55-40(2)65-38-82-55/h18-25,38,47-49,56,72H,8-17,26-37H2,1-7H3,(H,63,73)(H,64,76)(H,67,74)/t47-,48+,49+,56-/m1/s1. The topological polar surface area (TPSA) is 238 Å². The number of aryl methyl sites for hydroxylation is 3. The fourth-order valence-corrected chi connectivity index (χ4v) is 12.3. The molecule has 0 radical (unpaired) electrons. The number of halogens is 1. The molecule has 22 heteroatoms. The van der Waals surface area contributed by atoms with E-state index < -0.39 is 41.5 Å². The molecule has 2 aliphatic rings. The molecule has 4 N–H and O–H groups in total. The number of hydrogen-bond acceptors (Lipinski definition) is 16. The summed E-state index contributed by atoms with van der Waals surface area (Å²) in [6.45, 7) is 15.0. The maximum absolute atomic E-state index is 14.6. The Hall–Kier alpha value is -5.94. The zero-order chi connectivity index (χ0) is 59.5. The molecule has 83 heavy (non-hydrogen) atoms. The number of fused-ring (bicyclic) bond motifs is 3. The highest BCUT2D eigenvalue weighted by Gasteiger charge is 2.46. The number of likely N-dealkylation sites (tertiary alicyclic amines) is 1. The summed E-state index contributed by atoms with van der Waals surface area (Å²) in [6.07, 6.45) is 8.68. The molecule has 3 aromatic heterocycles. The van der Waals surface area contributed by atoms with E-state index in [0.29, 0.717) is 23.1 Å². The Bertz CT molecular complexity index is 2970. The second-order valence-corrected chi connectivity index (χ2v) is 24.8. The van der Waals surface area contributed by atoms with Gasteiger partial charge in [-0.25, -0.2) is 4.98 Å². The van der Waals surface area contributed by atoms with Crippen molar-refractivity contribution in [2.24, 2.45) is 10.4 Å². The minimum Gasteiger partial charge on any atom is -0.460 e. The van der Waals surface area contributed by atoms with Gasteiger partial charge in [0.2, 0.25) is 23.6 Å². The van der Waals surface area contributed by atoms with Crippen LogP contribution in [-0.2, 0) is 49.5 Å². The number of hydrogen-bond donors (Lipinski definition) is 4. The quantitative estimate of drug-likeness (QED) is 0.0233. The van der Waals surface area contributed by atoms with Crippen LogP contribution in [0.1, 0.15) is 148 Å². The van der Waals surface area contributed by atoms with E-state index in [2.05, 4.69) is 45.0 Å². The first-order chi connectivity index (χ1) is 39.9. The molecule has 0 saturated carbocycles. The second-order valence-electron chi connectivity index (χ2n) is 22.3. The molecule has 2 aliphatic heterocycles. The number of nitrogens with zero attached hydrogens (tertiary/aromatic N) is 6. The summed E-state index contributed by atoms with van der Waals surface area (Å²) in [7, 11) is 0. The average Bonchev–Trinajstić information content (AvgIpc) is 4.45. The molecule has 7 rings (SSSR count). The number of aromatic nitrogens is 4. The summed E-state index contributed by atoms with van der Waals surface area (Å²) in [5, 5.41) is 28.2. The van der Waals surface area contributed by atoms with Crippen LogP contribution in [0.4, 0.5) is 0 Å². The van der Waals surface area contributed by atoms with Crippen molar-refractivity contribution >= 4 is 69.6 Å². The third-order valence-electron chi connectivity index (χ3n) is 14.8. The molecule has 0 aliphatic carbocycles. The number of thiazole rings is 1.